The zero-order valence-electron chi connectivity index (χ0n) is 17.4. The Hall–Kier alpha value is -2.28. The molecule has 1 atom stereocenters. The maximum Gasteiger partial charge on any atom is 0.410 e. The summed E-state index contributed by atoms with van der Waals surface area (Å²) in [6, 6.07) is 7.21. The van der Waals surface area contributed by atoms with Crippen LogP contribution in [0.5, 0.6) is 0 Å². The van der Waals surface area contributed by atoms with E-state index in [1.807, 2.05) is 39.0 Å². The number of hydrogen-bond donors (Lipinski definition) is 1. The molecule has 1 aliphatic rings. The molecule has 1 aromatic rings. The van der Waals surface area contributed by atoms with Gasteiger partial charge in [0.05, 0.1) is 5.92 Å². The van der Waals surface area contributed by atoms with Gasteiger partial charge in [0.25, 0.3) is 5.91 Å². The van der Waals surface area contributed by atoms with Crippen molar-refractivity contribution in [3.63, 3.8) is 0 Å². The van der Waals surface area contributed by atoms with Crippen LogP contribution in [-0.4, -0.2) is 47.7 Å². The molecule has 0 spiro atoms. The molecular formula is C21H29ClN2O5. The number of nitrogens with zero attached hydrogens (tertiary/aromatic N) is 1. The van der Waals surface area contributed by atoms with Crippen molar-refractivity contribution in [2.45, 2.75) is 58.8 Å². The summed E-state index contributed by atoms with van der Waals surface area (Å²) in [5.41, 5.74) is 0.232. The first-order valence-electron chi connectivity index (χ1n) is 9.76. The fourth-order valence-electron chi connectivity index (χ4n) is 2.92. The lowest BCUT2D eigenvalue weighted by atomic mass is 9.97. The van der Waals surface area contributed by atoms with Crippen LogP contribution in [0.4, 0.5) is 4.79 Å². The fraction of sp³-hybridized carbons (Fsp3) is 0.571. The highest BCUT2D eigenvalue weighted by Gasteiger charge is 2.32. The summed E-state index contributed by atoms with van der Waals surface area (Å²) >= 11 is 6.07. The lowest BCUT2D eigenvalue weighted by molar-refractivity contribution is -0.160. The van der Waals surface area contributed by atoms with Crippen LogP contribution in [0.15, 0.2) is 24.3 Å². The van der Waals surface area contributed by atoms with Gasteiger partial charge in [0.15, 0.2) is 6.10 Å². The number of halogens is 1. The number of esters is 1. The molecule has 1 fully saturated rings. The third-order valence-electron chi connectivity index (χ3n) is 4.55. The minimum absolute atomic E-state index is 0.259. The quantitative estimate of drug-likeness (QED) is 0.731. The first kappa shape index (κ1) is 23.0. The van der Waals surface area contributed by atoms with Crippen LogP contribution >= 0.6 is 11.6 Å². The molecule has 7 nitrogen and oxygen atoms in total. The Balaban J connectivity index is 1.76. The summed E-state index contributed by atoms with van der Waals surface area (Å²) in [4.78, 5) is 38.3. The lowest BCUT2D eigenvalue weighted by Gasteiger charge is -2.32. The first-order valence-corrected chi connectivity index (χ1v) is 10.1. The summed E-state index contributed by atoms with van der Waals surface area (Å²) in [7, 11) is 0. The number of hydrogen-bond acceptors (Lipinski definition) is 5. The SMILES string of the molecule is CC(OC(=O)C1CCN(C(=O)OC(C)(C)C)CC1)C(=O)NCc1ccccc1Cl. The Kier molecular flexibility index (Phi) is 7.90. The zero-order valence-corrected chi connectivity index (χ0v) is 18.1. The molecule has 0 bridgehead atoms. The number of amides is 2. The van der Waals surface area contributed by atoms with Crippen molar-refractivity contribution in [2.75, 3.05) is 13.1 Å². The summed E-state index contributed by atoms with van der Waals surface area (Å²) < 4.78 is 10.7. The fourth-order valence-corrected chi connectivity index (χ4v) is 3.12. The summed E-state index contributed by atoms with van der Waals surface area (Å²) in [6.07, 6.45) is -0.330. The van der Waals surface area contributed by atoms with E-state index in [0.717, 1.165) is 5.56 Å². The molecule has 0 radical (unpaired) electrons. The van der Waals surface area contributed by atoms with E-state index in [0.29, 0.717) is 31.0 Å². The molecule has 0 aliphatic carbocycles. The van der Waals surface area contributed by atoms with Crippen molar-refractivity contribution in [2.24, 2.45) is 5.92 Å². The van der Waals surface area contributed by atoms with E-state index in [2.05, 4.69) is 5.32 Å². The molecule has 1 aliphatic heterocycles. The van der Waals surface area contributed by atoms with E-state index < -0.39 is 17.7 Å². The molecule has 160 valence electrons. The smallest absolute Gasteiger partial charge is 0.410 e. The molecule has 0 saturated carbocycles. The Morgan fingerprint density at radius 1 is 1.21 bits per heavy atom. The molecule has 29 heavy (non-hydrogen) atoms. The number of likely N-dealkylation sites (tertiary alicyclic amines) is 1. The van der Waals surface area contributed by atoms with E-state index in [1.165, 1.54) is 6.92 Å². The van der Waals surface area contributed by atoms with Gasteiger partial charge in [0, 0.05) is 24.7 Å². The highest BCUT2D eigenvalue weighted by molar-refractivity contribution is 6.31. The van der Waals surface area contributed by atoms with Crippen LogP contribution in [0, 0.1) is 5.92 Å². The standard InChI is InChI=1S/C21H29ClN2O5/c1-14(18(25)23-13-16-7-5-6-8-17(16)22)28-19(26)15-9-11-24(12-10-15)20(27)29-21(2,3)4/h5-8,14-15H,9-13H2,1-4H3,(H,23,25). The van der Waals surface area contributed by atoms with E-state index in [-0.39, 0.29) is 24.5 Å². The molecule has 1 aromatic carbocycles. The molecule has 0 aromatic heterocycles. The molecule has 2 rings (SSSR count). The van der Waals surface area contributed by atoms with Gasteiger partial charge in [0.2, 0.25) is 0 Å². The first-order chi connectivity index (χ1) is 13.6. The highest BCUT2D eigenvalue weighted by atomic mass is 35.5. The van der Waals surface area contributed by atoms with Crippen LogP contribution in [0.2, 0.25) is 5.02 Å². The predicted molar refractivity (Wildman–Crippen MR) is 109 cm³/mol. The van der Waals surface area contributed by atoms with Crippen LogP contribution in [0.25, 0.3) is 0 Å². The van der Waals surface area contributed by atoms with Crippen LogP contribution in [0.3, 0.4) is 0 Å². The van der Waals surface area contributed by atoms with Gasteiger partial charge in [-0.3, -0.25) is 9.59 Å². The second kappa shape index (κ2) is 9.96. The predicted octanol–water partition coefficient (Wildman–Crippen LogP) is 3.54. The Labute approximate surface area is 176 Å². The number of piperidine rings is 1. The van der Waals surface area contributed by atoms with Crippen molar-refractivity contribution in [1.82, 2.24) is 10.2 Å². The maximum atomic E-state index is 12.4. The van der Waals surface area contributed by atoms with Gasteiger partial charge in [-0.1, -0.05) is 29.8 Å². The number of nitrogens with one attached hydrogen (secondary N) is 1. The normalized spacial score (nSPS) is 16.1. The zero-order chi connectivity index (χ0) is 21.6. The molecule has 1 N–H and O–H groups in total. The average Bonchev–Trinajstić information content (AvgIpc) is 2.65. The molecule has 1 unspecified atom stereocenters. The Morgan fingerprint density at radius 3 is 2.41 bits per heavy atom. The molecule has 2 amide bonds. The Bertz CT molecular complexity index is 739. The van der Waals surface area contributed by atoms with Crippen molar-refractivity contribution in [3.05, 3.63) is 34.9 Å². The number of rotatable bonds is 5. The average molecular weight is 425 g/mol. The second-order valence-electron chi connectivity index (χ2n) is 8.13. The van der Waals surface area contributed by atoms with Crippen molar-refractivity contribution < 1.29 is 23.9 Å². The van der Waals surface area contributed by atoms with E-state index >= 15 is 0 Å². The minimum Gasteiger partial charge on any atom is -0.452 e. The van der Waals surface area contributed by atoms with Gasteiger partial charge >= 0.3 is 12.1 Å². The molecule has 8 heteroatoms. The number of benzene rings is 1. The van der Waals surface area contributed by atoms with Crippen molar-refractivity contribution in [3.8, 4) is 0 Å². The highest BCUT2D eigenvalue weighted by Crippen LogP contribution is 2.21. The van der Waals surface area contributed by atoms with Gasteiger partial charge in [-0.15, -0.1) is 0 Å². The van der Waals surface area contributed by atoms with Crippen LogP contribution in [-0.2, 0) is 25.6 Å². The topological polar surface area (TPSA) is 84.9 Å². The lowest BCUT2D eigenvalue weighted by Crippen LogP contribution is -2.44. The molecular weight excluding hydrogens is 396 g/mol. The van der Waals surface area contributed by atoms with Crippen molar-refractivity contribution >= 4 is 29.6 Å². The van der Waals surface area contributed by atoms with Crippen molar-refractivity contribution in [1.29, 1.82) is 0 Å². The van der Waals surface area contributed by atoms with Gasteiger partial charge in [0.1, 0.15) is 5.60 Å². The van der Waals surface area contributed by atoms with E-state index in [1.54, 1.807) is 11.0 Å². The molecule has 1 saturated heterocycles. The van der Waals surface area contributed by atoms with E-state index in [9.17, 15) is 14.4 Å². The number of carbonyl (C=O) groups is 3. The van der Waals surface area contributed by atoms with Gasteiger partial charge in [-0.05, 0) is 52.2 Å². The summed E-state index contributed by atoms with van der Waals surface area (Å²) in [5, 5.41) is 3.29. The minimum atomic E-state index is -0.908. The maximum absolute atomic E-state index is 12.4. The summed E-state index contributed by atoms with van der Waals surface area (Å²) in [5.74, 6) is -1.15. The largest absolute Gasteiger partial charge is 0.452 e. The Morgan fingerprint density at radius 2 is 1.83 bits per heavy atom. The van der Waals surface area contributed by atoms with Crippen LogP contribution < -0.4 is 5.32 Å². The molecule has 1 heterocycles. The number of ether oxygens (including phenoxy) is 2. The third kappa shape index (κ3) is 7.24. The van der Waals surface area contributed by atoms with Gasteiger partial charge in [-0.25, -0.2) is 4.79 Å². The van der Waals surface area contributed by atoms with E-state index in [4.69, 9.17) is 21.1 Å². The monoisotopic (exact) mass is 424 g/mol. The third-order valence-corrected chi connectivity index (χ3v) is 4.92. The van der Waals surface area contributed by atoms with Gasteiger partial charge in [-0.2, -0.15) is 0 Å². The van der Waals surface area contributed by atoms with Crippen LogP contribution in [0.1, 0.15) is 46.1 Å². The summed E-state index contributed by atoms with van der Waals surface area (Å²) in [6.45, 7) is 8.07. The number of carbonyl (C=O) groups excluding carboxylic acids is 3. The second-order valence-corrected chi connectivity index (χ2v) is 8.54. The van der Waals surface area contributed by atoms with Gasteiger partial charge < -0.3 is 19.7 Å².